The Labute approximate surface area is 78.0 Å². The van der Waals surface area contributed by atoms with E-state index in [0.717, 1.165) is 24.2 Å². The van der Waals surface area contributed by atoms with Gasteiger partial charge < -0.3 is 4.55 Å². The third-order valence-electron chi connectivity index (χ3n) is 1.80. The zero-order valence-electron chi connectivity index (χ0n) is 7.16. The lowest BCUT2D eigenvalue weighted by atomic mass is 10.1. The Morgan fingerprint density at radius 2 is 2.00 bits per heavy atom. The maximum absolute atomic E-state index is 8.54. The molecule has 0 fully saturated rings. The number of benzene rings is 1. The quantitative estimate of drug-likeness (QED) is 0.720. The summed E-state index contributed by atoms with van der Waals surface area (Å²) in [5.41, 5.74) is 2.53. The maximum atomic E-state index is 8.54. The summed E-state index contributed by atoms with van der Waals surface area (Å²) in [5.74, 6) is 0.773. The van der Waals surface area contributed by atoms with Gasteiger partial charge in [-0.1, -0.05) is 31.2 Å². The lowest BCUT2D eigenvalue weighted by Gasteiger charge is -2.00. The first kappa shape index (κ1) is 9.62. The van der Waals surface area contributed by atoms with Crippen LogP contribution in [0.3, 0.4) is 0 Å². The molecule has 0 saturated carbocycles. The second-order valence-corrected chi connectivity index (χ2v) is 3.28. The van der Waals surface area contributed by atoms with Crippen LogP contribution in [0.5, 0.6) is 0 Å². The van der Waals surface area contributed by atoms with Gasteiger partial charge in [0.2, 0.25) is 0 Å². The van der Waals surface area contributed by atoms with Crippen molar-refractivity contribution in [1.29, 1.82) is 0 Å². The largest absolute Gasteiger partial charge is 0.330 e. The molecule has 0 spiro atoms. The molecule has 0 saturated heterocycles. The lowest BCUT2D eigenvalue weighted by Crippen LogP contribution is -1.88. The molecule has 12 heavy (non-hydrogen) atoms. The molecule has 1 N–H and O–H groups in total. The summed E-state index contributed by atoms with van der Waals surface area (Å²) in [4.78, 5) is 0. The first-order chi connectivity index (χ1) is 5.86. The number of hydrogen-bond donors (Lipinski definition) is 1. The topological polar surface area (TPSA) is 20.2 Å². The third kappa shape index (κ3) is 2.88. The fourth-order valence-corrected chi connectivity index (χ4v) is 1.37. The van der Waals surface area contributed by atoms with Crippen LogP contribution in [0.4, 0.5) is 0 Å². The van der Waals surface area contributed by atoms with E-state index in [1.807, 2.05) is 6.92 Å². The predicted molar refractivity (Wildman–Crippen MR) is 54.3 cm³/mol. The van der Waals surface area contributed by atoms with Crippen LogP contribution in [0.1, 0.15) is 18.1 Å². The Hall–Kier alpha value is -0.470. The number of rotatable bonds is 4. The summed E-state index contributed by atoms with van der Waals surface area (Å²) in [5, 5.41) is 0. The van der Waals surface area contributed by atoms with Crippen molar-refractivity contribution in [3.05, 3.63) is 41.8 Å². The summed E-state index contributed by atoms with van der Waals surface area (Å²) >= 11 is 0.899. The van der Waals surface area contributed by atoms with E-state index in [1.54, 1.807) is 0 Å². The summed E-state index contributed by atoms with van der Waals surface area (Å²) in [6.45, 7) is 2.03. The van der Waals surface area contributed by atoms with E-state index in [9.17, 15) is 0 Å². The second kappa shape index (κ2) is 5.22. The molecule has 1 aromatic carbocycles. The van der Waals surface area contributed by atoms with E-state index in [4.69, 9.17) is 4.55 Å². The standard InChI is InChI=1S/C10H13OS/c1-2-9-3-5-10(6-4-9)7-8-12-11/h2-6,11H,7-8H2,1H3. The van der Waals surface area contributed by atoms with E-state index in [0.29, 0.717) is 0 Å². The molecule has 0 amide bonds. The molecule has 1 aromatic rings. The second-order valence-electron chi connectivity index (χ2n) is 2.61. The first-order valence-corrected chi connectivity index (χ1v) is 4.95. The van der Waals surface area contributed by atoms with Crippen molar-refractivity contribution in [1.82, 2.24) is 0 Å². The maximum Gasteiger partial charge on any atom is 0.0235 e. The van der Waals surface area contributed by atoms with Crippen LogP contribution in [0.25, 0.3) is 0 Å². The predicted octanol–water partition coefficient (Wildman–Crippen LogP) is 3.01. The van der Waals surface area contributed by atoms with Crippen LogP contribution in [0.2, 0.25) is 0 Å². The number of aryl methyl sites for hydroxylation is 1. The lowest BCUT2D eigenvalue weighted by molar-refractivity contribution is 0.663. The summed E-state index contributed by atoms with van der Waals surface area (Å²) < 4.78 is 8.54. The molecule has 0 aliphatic carbocycles. The van der Waals surface area contributed by atoms with E-state index in [2.05, 4.69) is 30.7 Å². The van der Waals surface area contributed by atoms with Gasteiger partial charge in [0.25, 0.3) is 0 Å². The Morgan fingerprint density at radius 1 is 1.33 bits per heavy atom. The van der Waals surface area contributed by atoms with Crippen molar-refractivity contribution >= 4 is 12.0 Å². The minimum absolute atomic E-state index is 0.773. The van der Waals surface area contributed by atoms with Gasteiger partial charge >= 0.3 is 0 Å². The smallest absolute Gasteiger partial charge is 0.0235 e. The van der Waals surface area contributed by atoms with Gasteiger partial charge in [0.05, 0.1) is 0 Å². The van der Waals surface area contributed by atoms with Gasteiger partial charge in [-0.25, -0.2) is 0 Å². The highest BCUT2D eigenvalue weighted by Crippen LogP contribution is 2.08. The molecule has 0 heterocycles. The first-order valence-electron chi connectivity index (χ1n) is 4.01. The van der Waals surface area contributed by atoms with Gasteiger partial charge in [-0.2, -0.15) is 0 Å². The Kier molecular flexibility index (Phi) is 4.19. The minimum atomic E-state index is 0.773. The molecule has 2 heteroatoms. The molecule has 0 aliphatic heterocycles. The molecule has 0 bridgehead atoms. The Balaban J connectivity index is 2.53. The summed E-state index contributed by atoms with van der Waals surface area (Å²) in [7, 11) is 0. The molecular formula is C10H13OS. The van der Waals surface area contributed by atoms with Crippen molar-refractivity contribution < 1.29 is 4.55 Å². The van der Waals surface area contributed by atoms with Gasteiger partial charge in [0.15, 0.2) is 0 Å². The third-order valence-corrected chi connectivity index (χ3v) is 2.18. The average Bonchev–Trinajstić information content (AvgIpc) is 2.15. The fraction of sp³-hybridized carbons (Fsp3) is 0.300. The van der Waals surface area contributed by atoms with E-state index in [1.165, 1.54) is 11.1 Å². The fourth-order valence-electron chi connectivity index (χ4n) is 1.04. The minimum Gasteiger partial charge on any atom is -0.330 e. The molecule has 0 aromatic heterocycles. The van der Waals surface area contributed by atoms with Crippen molar-refractivity contribution in [3.8, 4) is 0 Å². The van der Waals surface area contributed by atoms with Crippen LogP contribution in [-0.2, 0) is 6.42 Å². The van der Waals surface area contributed by atoms with Gasteiger partial charge in [-0.15, -0.1) is 0 Å². The van der Waals surface area contributed by atoms with Gasteiger partial charge in [-0.05, 0) is 36.0 Å². The highest BCUT2D eigenvalue weighted by atomic mass is 32.2. The average molecular weight is 181 g/mol. The Bertz CT molecular complexity index is 218. The number of hydrogen-bond acceptors (Lipinski definition) is 2. The molecule has 65 valence electrons. The normalized spacial score (nSPS) is 10.2. The molecular weight excluding hydrogens is 168 g/mol. The van der Waals surface area contributed by atoms with Crippen LogP contribution in [0, 0.1) is 6.42 Å². The molecule has 1 rings (SSSR count). The van der Waals surface area contributed by atoms with E-state index >= 15 is 0 Å². The highest BCUT2D eigenvalue weighted by molar-refractivity contribution is 7.93. The van der Waals surface area contributed by atoms with Crippen molar-refractivity contribution in [2.75, 3.05) is 5.75 Å². The molecule has 1 nitrogen and oxygen atoms in total. The van der Waals surface area contributed by atoms with Crippen molar-refractivity contribution in [3.63, 3.8) is 0 Å². The molecule has 0 unspecified atom stereocenters. The van der Waals surface area contributed by atoms with Crippen LogP contribution >= 0.6 is 12.0 Å². The van der Waals surface area contributed by atoms with E-state index < -0.39 is 0 Å². The van der Waals surface area contributed by atoms with Crippen LogP contribution in [-0.4, -0.2) is 10.3 Å². The Morgan fingerprint density at radius 3 is 2.50 bits per heavy atom. The zero-order chi connectivity index (χ0) is 8.81. The monoisotopic (exact) mass is 181 g/mol. The van der Waals surface area contributed by atoms with Crippen LogP contribution < -0.4 is 0 Å². The SMILES string of the molecule is C[CH]c1ccc(CCSO)cc1. The van der Waals surface area contributed by atoms with Crippen LogP contribution in [0.15, 0.2) is 24.3 Å². The summed E-state index contributed by atoms with van der Waals surface area (Å²) in [6.07, 6.45) is 3.01. The summed E-state index contributed by atoms with van der Waals surface area (Å²) in [6, 6.07) is 8.39. The molecule has 0 atom stereocenters. The van der Waals surface area contributed by atoms with E-state index in [-0.39, 0.29) is 0 Å². The molecule has 1 radical (unpaired) electrons. The van der Waals surface area contributed by atoms with Gasteiger partial charge in [-0.3, -0.25) is 0 Å². The van der Waals surface area contributed by atoms with Crippen molar-refractivity contribution in [2.45, 2.75) is 13.3 Å². The molecule has 0 aliphatic rings. The van der Waals surface area contributed by atoms with Gasteiger partial charge in [0.1, 0.15) is 0 Å². The highest BCUT2D eigenvalue weighted by Gasteiger charge is 1.92. The zero-order valence-corrected chi connectivity index (χ0v) is 7.97. The van der Waals surface area contributed by atoms with Gasteiger partial charge in [0, 0.05) is 5.75 Å². The van der Waals surface area contributed by atoms with Crippen molar-refractivity contribution in [2.24, 2.45) is 0 Å².